The molecule has 1 fully saturated rings. The number of halogens is 1. The van der Waals surface area contributed by atoms with E-state index in [1.54, 1.807) is 12.1 Å². The Labute approximate surface area is 89.3 Å². The standard InChI is InChI=1S/C12H16FNO/c13-12-8-11(15)5-4-10(12)9-14-6-2-1-3-7-14/h4-5,8,15H,1-3,6-7,9H2. The van der Waals surface area contributed by atoms with Crippen LogP contribution in [-0.2, 0) is 6.54 Å². The average molecular weight is 209 g/mol. The Morgan fingerprint density at radius 2 is 1.93 bits per heavy atom. The second-order valence-electron chi connectivity index (χ2n) is 4.11. The molecule has 1 N–H and O–H groups in total. The zero-order chi connectivity index (χ0) is 10.7. The van der Waals surface area contributed by atoms with Gasteiger partial charge in [0.25, 0.3) is 0 Å². The van der Waals surface area contributed by atoms with Gasteiger partial charge in [-0.25, -0.2) is 4.39 Å². The maximum atomic E-state index is 13.4. The molecular formula is C12H16FNO. The summed E-state index contributed by atoms with van der Waals surface area (Å²) in [5.41, 5.74) is 0.676. The van der Waals surface area contributed by atoms with Gasteiger partial charge in [-0.15, -0.1) is 0 Å². The quantitative estimate of drug-likeness (QED) is 0.809. The number of nitrogens with zero attached hydrogens (tertiary/aromatic N) is 1. The van der Waals surface area contributed by atoms with Crippen molar-refractivity contribution in [3.63, 3.8) is 0 Å². The number of phenols is 1. The van der Waals surface area contributed by atoms with Crippen LogP contribution in [0.2, 0.25) is 0 Å². The predicted octanol–water partition coefficient (Wildman–Crippen LogP) is 2.52. The van der Waals surface area contributed by atoms with Crippen molar-refractivity contribution >= 4 is 0 Å². The second-order valence-corrected chi connectivity index (χ2v) is 4.11. The Morgan fingerprint density at radius 1 is 1.20 bits per heavy atom. The van der Waals surface area contributed by atoms with E-state index in [0.717, 1.165) is 13.1 Å². The fraction of sp³-hybridized carbons (Fsp3) is 0.500. The Kier molecular flexibility index (Phi) is 3.21. The lowest BCUT2D eigenvalue weighted by Crippen LogP contribution is -2.29. The maximum Gasteiger partial charge on any atom is 0.131 e. The van der Waals surface area contributed by atoms with E-state index in [-0.39, 0.29) is 11.6 Å². The molecule has 3 heteroatoms. The number of rotatable bonds is 2. The highest BCUT2D eigenvalue weighted by Crippen LogP contribution is 2.18. The van der Waals surface area contributed by atoms with Crippen LogP contribution < -0.4 is 0 Å². The van der Waals surface area contributed by atoms with Gasteiger partial charge in [-0.2, -0.15) is 0 Å². The molecule has 0 aliphatic carbocycles. The third-order valence-electron chi connectivity index (χ3n) is 2.88. The first kappa shape index (κ1) is 10.4. The fourth-order valence-corrected chi connectivity index (χ4v) is 2.02. The normalized spacial score (nSPS) is 17.9. The number of hydrogen-bond donors (Lipinski definition) is 1. The predicted molar refractivity (Wildman–Crippen MR) is 57.2 cm³/mol. The first-order valence-electron chi connectivity index (χ1n) is 5.45. The van der Waals surface area contributed by atoms with Crippen LogP contribution in [0, 0.1) is 5.82 Å². The van der Waals surface area contributed by atoms with Crippen LogP contribution in [0.1, 0.15) is 24.8 Å². The summed E-state index contributed by atoms with van der Waals surface area (Å²) in [4.78, 5) is 2.26. The molecular weight excluding hydrogens is 193 g/mol. The Hall–Kier alpha value is -1.09. The van der Waals surface area contributed by atoms with Gasteiger partial charge in [0.2, 0.25) is 0 Å². The molecule has 1 heterocycles. The molecule has 1 aliphatic rings. The lowest BCUT2D eigenvalue weighted by atomic mass is 10.1. The van der Waals surface area contributed by atoms with Crippen LogP contribution in [0.15, 0.2) is 18.2 Å². The van der Waals surface area contributed by atoms with Crippen LogP contribution in [0.4, 0.5) is 4.39 Å². The van der Waals surface area contributed by atoms with Crippen molar-refractivity contribution in [3.8, 4) is 5.75 Å². The summed E-state index contributed by atoms with van der Waals surface area (Å²) in [7, 11) is 0. The van der Waals surface area contributed by atoms with Crippen molar-refractivity contribution < 1.29 is 9.50 Å². The molecule has 1 aliphatic heterocycles. The molecule has 2 nitrogen and oxygen atoms in total. The van der Waals surface area contributed by atoms with E-state index in [0.29, 0.717) is 12.1 Å². The van der Waals surface area contributed by atoms with Crippen molar-refractivity contribution in [1.82, 2.24) is 4.90 Å². The molecule has 82 valence electrons. The molecule has 0 radical (unpaired) electrons. The molecule has 0 atom stereocenters. The van der Waals surface area contributed by atoms with Crippen LogP contribution in [0.25, 0.3) is 0 Å². The zero-order valence-electron chi connectivity index (χ0n) is 8.75. The van der Waals surface area contributed by atoms with E-state index >= 15 is 0 Å². The number of hydrogen-bond acceptors (Lipinski definition) is 2. The fourth-order valence-electron chi connectivity index (χ4n) is 2.02. The average Bonchev–Trinajstić information content (AvgIpc) is 2.24. The van der Waals surface area contributed by atoms with Crippen molar-refractivity contribution in [2.24, 2.45) is 0 Å². The highest BCUT2D eigenvalue weighted by molar-refractivity contribution is 5.27. The van der Waals surface area contributed by atoms with E-state index in [1.807, 2.05) is 0 Å². The van der Waals surface area contributed by atoms with Gasteiger partial charge >= 0.3 is 0 Å². The third kappa shape index (κ3) is 2.69. The second kappa shape index (κ2) is 4.62. The number of aromatic hydroxyl groups is 1. The molecule has 1 aromatic carbocycles. The van der Waals surface area contributed by atoms with Gasteiger partial charge in [0.15, 0.2) is 0 Å². The van der Waals surface area contributed by atoms with Gasteiger partial charge < -0.3 is 5.11 Å². The smallest absolute Gasteiger partial charge is 0.131 e. The van der Waals surface area contributed by atoms with Crippen LogP contribution in [0.5, 0.6) is 5.75 Å². The molecule has 15 heavy (non-hydrogen) atoms. The number of piperidine rings is 1. The molecule has 0 aromatic heterocycles. The van der Waals surface area contributed by atoms with Gasteiger partial charge in [0.1, 0.15) is 11.6 Å². The summed E-state index contributed by atoms with van der Waals surface area (Å²) < 4.78 is 13.4. The lowest BCUT2D eigenvalue weighted by Gasteiger charge is -2.26. The molecule has 0 amide bonds. The highest BCUT2D eigenvalue weighted by atomic mass is 19.1. The first-order chi connectivity index (χ1) is 7.25. The summed E-state index contributed by atoms with van der Waals surface area (Å²) in [6, 6.07) is 4.39. The van der Waals surface area contributed by atoms with E-state index in [1.165, 1.54) is 25.3 Å². The van der Waals surface area contributed by atoms with Gasteiger partial charge in [0, 0.05) is 18.2 Å². The zero-order valence-corrected chi connectivity index (χ0v) is 8.75. The molecule has 1 saturated heterocycles. The Bertz CT molecular complexity index is 334. The molecule has 1 aromatic rings. The SMILES string of the molecule is Oc1ccc(CN2CCCCC2)c(F)c1. The van der Waals surface area contributed by atoms with E-state index in [2.05, 4.69) is 4.90 Å². The molecule has 0 saturated carbocycles. The van der Waals surface area contributed by atoms with Gasteiger partial charge in [-0.1, -0.05) is 12.5 Å². The molecule has 2 rings (SSSR count). The summed E-state index contributed by atoms with van der Waals surface area (Å²) in [6.07, 6.45) is 3.70. The van der Waals surface area contributed by atoms with E-state index in [9.17, 15) is 4.39 Å². The molecule has 0 spiro atoms. The Morgan fingerprint density at radius 3 is 2.60 bits per heavy atom. The minimum absolute atomic E-state index is 0.00473. The summed E-state index contributed by atoms with van der Waals surface area (Å²) >= 11 is 0. The van der Waals surface area contributed by atoms with Crippen LogP contribution in [-0.4, -0.2) is 23.1 Å². The largest absolute Gasteiger partial charge is 0.508 e. The topological polar surface area (TPSA) is 23.5 Å². The summed E-state index contributed by atoms with van der Waals surface area (Å²) in [5, 5.41) is 9.09. The maximum absolute atomic E-state index is 13.4. The molecule has 0 bridgehead atoms. The monoisotopic (exact) mass is 209 g/mol. The highest BCUT2D eigenvalue weighted by Gasteiger charge is 2.12. The minimum Gasteiger partial charge on any atom is -0.508 e. The summed E-state index contributed by atoms with van der Waals surface area (Å²) in [6.45, 7) is 2.77. The first-order valence-corrected chi connectivity index (χ1v) is 5.45. The van der Waals surface area contributed by atoms with Gasteiger partial charge in [0.05, 0.1) is 0 Å². The number of likely N-dealkylation sites (tertiary alicyclic amines) is 1. The number of benzene rings is 1. The van der Waals surface area contributed by atoms with Crippen molar-refractivity contribution in [2.75, 3.05) is 13.1 Å². The Balaban J connectivity index is 2.03. The minimum atomic E-state index is -0.305. The van der Waals surface area contributed by atoms with Crippen molar-refractivity contribution in [2.45, 2.75) is 25.8 Å². The number of phenolic OH excluding ortho intramolecular Hbond substituents is 1. The van der Waals surface area contributed by atoms with Crippen LogP contribution >= 0.6 is 0 Å². The van der Waals surface area contributed by atoms with E-state index < -0.39 is 0 Å². The summed E-state index contributed by atoms with van der Waals surface area (Å²) in [5.74, 6) is -0.310. The van der Waals surface area contributed by atoms with Gasteiger partial charge in [-0.3, -0.25) is 4.90 Å². The van der Waals surface area contributed by atoms with E-state index in [4.69, 9.17) is 5.11 Å². The van der Waals surface area contributed by atoms with Crippen molar-refractivity contribution in [3.05, 3.63) is 29.6 Å². The third-order valence-corrected chi connectivity index (χ3v) is 2.88. The van der Waals surface area contributed by atoms with Crippen LogP contribution in [0.3, 0.4) is 0 Å². The van der Waals surface area contributed by atoms with Gasteiger partial charge in [-0.05, 0) is 32.0 Å². The van der Waals surface area contributed by atoms with Crippen molar-refractivity contribution in [1.29, 1.82) is 0 Å². The molecule has 0 unspecified atom stereocenters. The lowest BCUT2D eigenvalue weighted by molar-refractivity contribution is 0.218.